The van der Waals surface area contributed by atoms with Crippen molar-refractivity contribution in [1.82, 2.24) is 0 Å². The number of hydrogen-bond donors (Lipinski definition) is 1. The Bertz CT molecular complexity index is 557. The Morgan fingerprint density at radius 3 is 2.60 bits per heavy atom. The van der Waals surface area contributed by atoms with Crippen LogP contribution in [0.5, 0.6) is 5.75 Å². The second-order valence-electron chi connectivity index (χ2n) is 4.39. The number of ether oxygens (including phenoxy) is 1. The highest BCUT2D eigenvalue weighted by Crippen LogP contribution is 2.22. The van der Waals surface area contributed by atoms with Crippen molar-refractivity contribution >= 4 is 17.3 Å². The Balaban J connectivity index is 1.79. The molecule has 0 unspecified atom stereocenters. The monoisotopic (exact) mass is 293 g/mol. The van der Waals surface area contributed by atoms with Crippen molar-refractivity contribution in [2.75, 3.05) is 18.5 Å². The summed E-state index contributed by atoms with van der Waals surface area (Å²) in [6.07, 6.45) is 0.879. The number of anilines is 1. The maximum atomic E-state index is 12.7. The van der Waals surface area contributed by atoms with E-state index in [1.807, 2.05) is 18.2 Å². The Hall–Kier alpha value is -1.74. The van der Waals surface area contributed by atoms with E-state index in [0.29, 0.717) is 13.2 Å². The molecule has 0 aromatic heterocycles. The van der Waals surface area contributed by atoms with Crippen LogP contribution in [0.4, 0.5) is 10.1 Å². The molecule has 4 heteroatoms. The minimum Gasteiger partial charge on any atom is -0.492 e. The van der Waals surface area contributed by atoms with Gasteiger partial charge in [0.2, 0.25) is 0 Å². The zero-order chi connectivity index (χ0) is 14.4. The minimum absolute atomic E-state index is 0.236. The van der Waals surface area contributed by atoms with Gasteiger partial charge in [-0.3, -0.25) is 0 Å². The van der Waals surface area contributed by atoms with Crippen LogP contribution in [-0.4, -0.2) is 13.2 Å². The molecule has 0 atom stereocenters. The first kappa shape index (κ1) is 14.7. The van der Waals surface area contributed by atoms with Crippen LogP contribution in [0.15, 0.2) is 42.5 Å². The molecule has 1 N–H and O–H groups in total. The molecule has 0 aliphatic carbocycles. The first-order valence-electron chi connectivity index (χ1n) is 6.59. The highest BCUT2D eigenvalue weighted by atomic mass is 35.5. The summed E-state index contributed by atoms with van der Waals surface area (Å²) in [4.78, 5) is 0. The molecule has 0 amide bonds. The predicted molar refractivity (Wildman–Crippen MR) is 81.2 cm³/mol. The molecule has 106 valence electrons. The van der Waals surface area contributed by atoms with Crippen LogP contribution < -0.4 is 10.1 Å². The predicted octanol–water partition coefficient (Wildman–Crippen LogP) is 4.53. The maximum absolute atomic E-state index is 12.7. The van der Waals surface area contributed by atoms with E-state index in [2.05, 4.69) is 12.2 Å². The lowest BCUT2D eigenvalue weighted by Crippen LogP contribution is -2.11. The molecule has 0 spiro atoms. The van der Waals surface area contributed by atoms with Crippen LogP contribution in [0.2, 0.25) is 5.02 Å². The van der Waals surface area contributed by atoms with Crippen LogP contribution in [0.25, 0.3) is 0 Å². The third-order valence-electron chi connectivity index (χ3n) is 2.94. The minimum atomic E-state index is -0.236. The van der Waals surface area contributed by atoms with Gasteiger partial charge in [-0.2, -0.15) is 0 Å². The fraction of sp³-hybridized carbons (Fsp3) is 0.250. The van der Waals surface area contributed by atoms with E-state index in [0.717, 1.165) is 28.4 Å². The number of hydrogen-bond acceptors (Lipinski definition) is 2. The summed E-state index contributed by atoms with van der Waals surface area (Å²) in [5, 5.41) is 3.93. The van der Waals surface area contributed by atoms with Crippen molar-refractivity contribution in [2.24, 2.45) is 0 Å². The molecule has 2 aromatic rings. The maximum Gasteiger partial charge on any atom is 0.123 e. The standard InChI is InChI=1S/C16H17ClFNO/c1-2-12-11-15(7-8-16(12)17)20-10-9-19-14-5-3-13(18)4-6-14/h3-8,11,19H,2,9-10H2,1H3. The molecule has 2 nitrogen and oxygen atoms in total. The summed E-state index contributed by atoms with van der Waals surface area (Å²) in [6.45, 7) is 3.24. The highest BCUT2D eigenvalue weighted by molar-refractivity contribution is 6.31. The smallest absolute Gasteiger partial charge is 0.123 e. The van der Waals surface area contributed by atoms with Gasteiger partial charge in [-0.05, 0) is 54.4 Å². The van der Waals surface area contributed by atoms with Gasteiger partial charge in [-0.1, -0.05) is 18.5 Å². The summed E-state index contributed by atoms with van der Waals surface area (Å²) in [7, 11) is 0. The van der Waals surface area contributed by atoms with Gasteiger partial charge in [-0.25, -0.2) is 4.39 Å². The first-order chi connectivity index (χ1) is 9.69. The van der Waals surface area contributed by atoms with Crippen LogP contribution in [-0.2, 0) is 6.42 Å². The normalized spacial score (nSPS) is 10.3. The summed E-state index contributed by atoms with van der Waals surface area (Å²) in [5.74, 6) is 0.576. The number of benzene rings is 2. The fourth-order valence-electron chi connectivity index (χ4n) is 1.84. The van der Waals surface area contributed by atoms with Crippen LogP contribution in [0, 0.1) is 5.82 Å². The summed E-state index contributed by atoms with van der Waals surface area (Å²) in [5.41, 5.74) is 1.95. The van der Waals surface area contributed by atoms with Gasteiger partial charge in [0.05, 0.1) is 0 Å². The molecule has 2 rings (SSSR count). The summed E-state index contributed by atoms with van der Waals surface area (Å²) < 4.78 is 18.4. The summed E-state index contributed by atoms with van der Waals surface area (Å²) in [6, 6.07) is 11.9. The molecular weight excluding hydrogens is 277 g/mol. The second-order valence-corrected chi connectivity index (χ2v) is 4.80. The number of rotatable bonds is 6. The van der Waals surface area contributed by atoms with E-state index >= 15 is 0 Å². The van der Waals surface area contributed by atoms with Crippen molar-refractivity contribution in [1.29, 1.82) is 0 Å². The first-order valence-corrected chi connectivity index (χ1v) is 6.97. The van der Waals surface area contributed by atoms with Crippen LogP contribution >= 0.6 is 11.6 Å². The zero-order valence-corrected chi connectivity index (χ0v) is 12.1. The molecule has 0 radical (unpaired) electrons. The SMILES string of the molecule is CCc1cc(OCCNc2ccc(F)cc2)ccc1Cl. The van der Waals surface area contributed by atoms with E-state index in [-0.39, 0.29) is 5.82 Å². The molecule has 0 saturated carbocycles. The van der Waals surface area contributed by atoms with E-state index in [4.69, 9.17) is 16.3 Å². The molecule has 2 aromatic carbocycles. The van der Waals surface area contributed by atoms with Gasteiger partial charge >= 0.3 is 0 Å². The zero-order valence-electron chi connectivity index (χ0n) is 11.3. The van der Waals surface area contributed by atoms with E-state index in [1.165, 1.54) is 12.1 Å². The Kier molecular flexibility index (Phi) is 5.24. The van der Waals surface area contributed by atoms with Gasteiger partial charge in [0.1, 0.15) is 18.2 Å². The van der Waals surface area contributed by atoms with Crippen molar-refractivity contribution in [3.63, 3.8) is 0 Å². The molecule has 0 aliphatic heterocycles. The van der Waals surface area contributed by atoms with Gasteiger partial charge in [0.15, 0.2) is 0 Å². The molecule has 0 bridgehead atoms. The van der Waals surface area contributed by atoms with Gasteiger partial charge < -0.3 is 10.1 Å². The van der Waals surface area contributed by atoms with Crippen molar-refractivity contribution in [3.8, 4) is 5.75 Å². The van der Waals surface area contributed by atoms with Crippen LogP contribution in [0.1, 0.15) is 12.5 Å². The largest absolute Gasteiger partial charge is 0.492 e. The average molecular weight is 294 g/mol. The Labute approximate surface area is 123 Å². The molecule has 0 saturated heterocycles. The fourth-order valence-corrected chi connectivity index (χ4v) is 2.10. The molecule has 20 heavy (non-hydrogen) atoms. The van der Waals surface area contributed by atoms with Crippen LogP contribution in [0.3, 0.4) is 0 Å². The van der Waals surface area contributed by atoms with Crippen molar-refractivity contribution < 1.29 is 9.13 Å². The molecule has 0 aliphatic rings. The second kappa shape index (κ2) is 7.15. The Morgan fingerprint density at radius 1 is 1.15 bits per heavy atom. The molecule has 0 fully saturated rings. The molecular formula is C16H17ClFNO. The summed E-state index contributed by atoms with van der Waals surface area (Å²) >= 11 is 6.05. The van der Waals surface area contributed by atoms with E-state index in [1.54, 1.807) is 12.1 Å². The number of halogens is 2. The Morgan fingerprint density at radius 2 is 1.90 bits per heavy atom. The topological polar surface area (TPSA) is 21.3 Å². The number of aryl methyl sites for hydroxylation is 1. The van der Waals surface area contributed by atoms with E-state index in [9.17, 15) is 4.39 Å². The lowest BCUT2D eigenvalue weighted by Gasteiger charge is -2.10. The van der Waals surface area contributed by atoms with Gasteiger partial charge in [0.25, 0.3) is 0 Å². The van der Waals surface area contributed by atoms with E-state index < -0.39 is 0 Å². The quantitative estimate of drug-likeness (QED) is 0.790. The van der Waals surface area contributed by atoms with Gasteiger partial charge in [0, 0.05) is 17.3 Å². The lowest BCUT2D eigenvalue weighted by molar-refractivity contribution is 0.332. The van der Waals surface area contributed by atoms with Gasteiger partial charge in [-0.15, -0.1) is 0 Å². The third-order valence-corrected chi connectivity index (χ3v) is 3.31. The third kappa shape index (κ3) is 4.14. The lowest BCUT2D eigenvalue weighted by atomic mass is 10.1. The average Bonchev–Trinajstić information content (AvgIpc) is 2.47. The number of nitrogens with one attached hydrogen (secondary N) is 1. The van der Waals surface area contributed by atoms with Crippen molar-refractivity contribution in [2.45, 2.75) is 13.3 Å². The van der Waals surface area contributed by atoms with Crippen molar-refractivity contribution in [3.05, 3.63) is 58.9 Å². The molecule has 0 heterocycles. The highest BCUT2D eigenvalue weighted by Gasteiger charge is 2.01.